The number of amides is 1. The topological polar surface area (TPSA) is 68.5 Å². The molecule has 0 radical (unpaired) electrons. The normalized spacial score (nSPS) is 12.0. The zero-order valence-electron chi connectivity index (χ0n) is 14.4. The van der Waals surface area contributed by atoms with E-state index in [0.717, 1.165) is 21.8 Å². The highest BCUT2D eigenvalue weighted by Gasteiger charge is 2.16. The van der Waals surface area contributed by atoms with Crippen LogP contribution in [0.25, 0.3) is 11.0 Å². The second-order valence-electron chi connectivity index (χ2n) is 5.86. The number of ether oxygens (including phenoxy) is 1. The Bertz CT molecular complexity index is 1010. The highest BCUT2D eigenvalue weighted by Crippen LogP contribution is 2.24. The van der Waals surface area contributed by atoms with Crippen molar-refractivity contribution in [2.75, 3.05) is 5.32 Å². The molecule has 1 amide bonds. The summed E-state index contributed by atoms with van der Waals surface area (Å²) in [5.41, 5.74) is 1.65. The van der Waals surface area contributed by atoms with Gasteiger partial charge >= 0.3 is 5.63 Å². The second-order valence-corrected chi connectivity index (χ2v) is 6.78. The predicted molar refractivity (Wildman–Crippen MR) is 105 cm³/mol. The third kappa shape index (κ3) is 4.14. The number of hydrogen-bond donors (Lipinski definition) is 1. The first-order valence-electron chi connectivity index (χ1n) is 8.26. The fourth-order valence-corrected chi connectivity index (χ4v) is 3.04. The van der Waals surface area contributed by atoms with E-state index in [1.165, 1.54) is 6.07 Å². The lowest BCUT2D eigenvalue weighted by Crippen LogP contribution is -2.30. The first kappa shape index (κ1) is 18.2. The van der Waals surface area contributed by atoms with Crippen LogP contribution in [0.15, 0.2) is 62.2 Å². The van der Waals surface area contributed by atoms with E-state index in [9.17, 15) is 9.59 Å². The number of carbonyl (C=O) groups excluding carboxylic acids is 1. The van der Waals surface area contributed by atoms with Gasteiger partial charge in [-0.05, 0) is 49.2 Å². The van der Waals surface area contributed by atoms with Crippen LogP contribution in [0.4, 0.5) is 5.69 Å². The van der Waals surface area contributed by atoms with Crippen LogP contribution in [-0.2, 0) is 11.2 Å². The van der Waals surface area contributed by atoms with Crippen LogP contribution in [0.1, 0.15) is 19.4 Å². The number of anilines is 1. The van der Waals surface area contributed by atoms with Gasteiger partial charge in [0.1, 0.15) is 11.3 Å². The molecule has 1 unspecified atom stereocenters. The van der Waals surface area contributed by atoms with E-state index in [4.69, 9.17) is 9.15 Å². The van der Waals surface area contributed by atoms with Gasteiger partial charge in [0, 0.05) is 27.7 Å². The zero-order valence-corrected chi connectivity index (χ0v) is 16.0. The molecule has 0 spiro atoms. The Morgan fingerprint density at radius 3 is 2.77 bits per heavy atom. The molecule has 134 valence electrons. The predicted octanol–water partition coefficient (Wildman–Crippen LogP) is 4.52. The quantitative estimate of drug-likeness (QED) is 0.621. The van der Waals surface area contributed by atoms with E-state index in [1.807, 2.05) is 31.2 Å². The van der Waals surface area contributed by atoms with E-state index < -0.39 is 11.7 Å². The summed E-state index contributed by atoms with van der Waals surface area (Å²) in [4.78, 5) is 24.0. The highest BCUT2D eigenvalue weighted by molar-refractivity contribution is 9.10. The molecule has 1 atom stereocenters. The number of fused-ring (bicyclic) bond motifs is 1. The van der Waals surface area contributed by atoms with Gasteiger partial charge < -0.3 is 14.5 Å². The van der Waals surface area contributed by atoms with E-state index in [1.54, 1.807) is 25.1 Å². The molecule has 6 heteroatoms. The largest absolute Gasteiger partial charge is 0.481 e. The number of rotatable bonds is 5. The van der Waals surface area contributed by atoms with Gasteiger partial charge in [-0.1, -0.05) is 28.9 Å². The molecule has 3 aromatic rings. The van der Waals surface area contributed by atoms with E-state index in [2.05, 4.69) is 21.2 Å². The highest BCUT2D eigenvalue weighted by atomic mass is 79.9. The van der Waals surface area contributed by atoms with Crippen molar-refractivity contribution in [2.24, 2.45) is 0 Å². The minimum absolute atomic E-state index is 0.271. The molecule has 1 N–H and O–H groups in total. The Labute approximate surface area is 159 Å². The summed E-state index contributed by atoms with van der Waals surface area (Å²) < 4.78 is 11.8. The van der Waals surface area contributed by atoms with Crippen LogP contribution >= 0.6 is 15.9 Å². The van der Waals surface area contributed by atoms with Gasteiger partial charge in [0.25, 0.3) is 5.91 Å². The van der Waals surface area contributed by atoms with Gasteiger partial charge in [0.2, 0.25) is 0 Å². The molecular formula is C20H18BrNO4. The minimum Gasteiger partial charge on any atom is -0.481 e. The molecule has 0 bridgehead atoms. The lowest BCUT2D eigenvalue weighted by Gasteiger charge is -2.15. The average Bonchev–Trinajstić information content (AvgIpc) is 2.60. The molecular weight excluding hydrogens is 398 g/mol. The summed E-state index contributed by atoms with van der Waals surface area (Å²) in [6.07, 6.45) is 0.0146. The third-order valence-electron chi connectivity index (χ3n) is 3.96. The van der Waals surface area contributed by atoms with E-state index >= 15 is 0 Å². The molecule has 0 aliphatic rings. The van der Waals surface area contributed by atoms with Crippen molar-refractivity contribution in [3.63, 3.8) is 0 Å². The van der Waals surface area contributed by atoms with Gasteiger partial charge in [-0.15, -0.1) is 0 Å². The smallest absolute Gasteiger partial charge is 0.336 e. The Morgan fingerprint density at radius 2 is 2.04 bits per heavy atom. The SMILES string of the molecule is CCc1cc(=O)oc2cc(OC(C)C(=O)Nc3cccc(Br)c3)ccc12. The van der Waals surface area contributed by atoms with Crippen molar-refractivity contribution >= 4 is 38.5 Å². The number of hydrogen-bond acceptors (Lipinski definition) is 4. The van der Waals surface area contributed by atoms with E-state index in [0.29, 0.717) is 17.0 Å². The first-order valence-corrected chi connectivity index (χ1v) is 9.05. The standard InChI is InChI=1S/C20H18BrNO4/c1-3-13-9-19(23)26-18-11-16(7-8-17(13)18)25-12(2)20(24)22-15-6-4-5-14(21)10-15/h4-12H,3H2,1-2H3,(H,22,24). The van der Waals surface area contributed by atoms with E-state index in [-0.39, 0.29) is 5.91 Å². The lowest BCUT2D eigenvalue weighted by molar-refractivity contribution is -0.122. The van der Waals surface area contributed by atoms with Crippen LogP contribution < -0.4 is 15.7 Å². The molecule has 3 rings (SSSR count). The second kappa shape index (κ2) is 7.74. The number of nitrogens with one attached hydrogen (secondary N) is 1. The van der Waals surface area contributed by atoms with Crippen molar-refractivity contribution in [3.8, 4) is 5.75 Å². The molecule has 0 saturated carbocycles. The van der Waals surface area contributed by atoms with Gasteiger partial charge in [0.15, 0.2) is 6.10 Å². The summed E-state index contributed by atoms with van der Waals surface area (Å²) in [7, 11) is 0. The Morgan fingerprint density at radius 1 is 1.23 bits per heavy atom. The van der Waals surface area contributed by atoms with Gasteiger partial charge in [-0.2, -0.15) is 0 Å². The monoisotopic (exact) mass is 415 g/mol. The molecule has 0 aliphatic carbocycles. The maximum atomic E-state index is 12.3. The lowest BCUT2D eigenvalue weighted by atomic mass is 10.1. The van der Waals surface area contributed by atoms with Crippen LogP contribution in [0.3, 0.4) is 0 Å². The molecule has 0 aliphatic heterocycles. The number of aryl methyl sites for hydroxylation is 1. The molecule has 1 aromatic heterocycles. The van der Waals surface area contributed by atoms with Crippen LogP contribution in [0.2, 0.25) is 0 Å². The third-order valence-corrected chi connectivity index (χ3v) is 4.45. The summed E-state index contributed by atoms with van der Waals surface area (Å²) in [6, 6.07) is 14.1. The van der Waals surface area contributed by atoms with Crippen molar-refractivity contribution < 1.29 is 13.9 Å². The van der Waals surface area contributed by atoms with Crippen LogP contribution in [-0.4, -0.2) is 12.0 Å². The summed E-state index contributed by atoms with van der Waals surface area (Å²) in [5.74, 6) is 0.192. The van der Waals surface area contributed by atoms with Crippen molar-refractivity contribution in [3.05, 3.63) is 69.0 Å². The Balaban J connectivity index is 1.77. The molecule has 5 nitrogen and oxygen atoms in total. The number of carbonyl (C=O) groups is 1. The summed E-state index contributed by atoms with van der Waals surface area (Å²) in [5, 5.41) is 3.67. The maximum absolute atomic E-state index is 12.3. The van der Waals surface area contributed by atoms with Gasteiger partial charge in [-0.3, -0.25) is 4.79 Å². The maximum Gasteiger partial charge on any atom is 0.336 e. The number of benzene rings is 2. The Hall–Kier alpha value is -2.60. The minimum atomic E-state index is -0.715. The van der Waals surface area contributed by atoms with Crippen LogP contribution in [0.5, 0.6) is 5.75 Å². The van der Waals surface area contributed by atoms with Crippen molar-refractivity contribution in [2.45, 2.75) is 26.4 Å². The van der Waals surface area contributed by atoms with Crippen molar-refractivity contribution in [1.82, 2.24) is 0 Å². The molecule has 0 fully saturated rings. The molecule has 1 heterocycles. The summed E-state index contributed by atoms with van der Waals surface area (Å²) in [6.45, 7) is 3.64. The van der Waals surface area contributed by atoms with Gasteiger partial charge in [-0.25, -0.2) is 4.79 Å². The summed E-state index contributed by atoms with van der Waals surface area (Å²) >= 11 is 3.36. The van der Waals surface area contributed by atoms with Gasteiger partial charge in [0.05, 0.1) is 0 Å². The van der Waals surface area contributed by atoms with Crippen LogP contribution in [0, 0.1) is 0 Å². The zero-order chi connectivity index (χ0) is 18.7. The Kier molecular flexibility index (Phi) is 5.42. The van der Waals surface area contributed by atoms with Crippen molar-refractivity contribution in [1.29, 1.82) is 0 Å². The fourth-order valence-electron chi connectivity index (χ4n) is 2.64. The number of halogens is 1. The average molecular weight is 416 g/mol. The molecule has 26 heavy (non-hydrogen) atoms. The molecule has 0 saturated heterocycles. The first-order chi connectivity index (χ1) is 12.5. The fraction of sp³-hybridized carbons (Fsp3) is 0.200. The molecule has 2 aromatic carbocycles.